The van der Waals surface area contributed by atoms with Crippen LogP contribution >= 0.6 is 0 Å². The highest BCUT2D eigenvalue weighted by atomic mass is 16.3. The van der Waals surface area contributed by atoms with Crippen LogP contribution in [0.5, 0.6) is 0 Å². The molecule has 0 bridgehead atoms. The van der Waals surface area contributed by atoms with Crippen molar-refractivity contribution in [1.82, 2.24) is 5.32 Å². The monoisotopic (exact) mass is 353 g/mol. The first-order chi connectivity index (χ1) is 12.5. The Bertz CT molecular complexity index is 746. The summed E-state index contributed by atoms with van der Waals surface area (Å²) in [7, 11) is 0. The van der Waals surface area contributed by atoms with Crippen LogP contribution in [-0.2, 0) is 0 Å². The molecule has 1 fully saturated rings. The van der Waals surface area contributed by atoms with Gasteiger partial charge < -0.3 is 15.5 Å². The molecule has 0 heterocycles. The zero-order chi connectivity index (χ0) is 18.6. The molecule has 0 aliphatic heterocycles. The molecule has 4 nitrogen and oxygen atoms in total. The van der Waals surface area contributed by atoms with Crippen LogP contribution in [0.25, 0.3) is 11.1 Å². The molecular weight excluding hydrogens is 326 g/mol. The fraction of sp³-hybridized carbons (Fsp3) is 0.409. The second kappa shape index (κ2) is 8.02. The molecule has 0 saturated heterocycles. The highest BCUT2D eigenvalue weighted by molar-refractivity contribution is 5.94. The van der Waals surface area contributed by atoms with Crippen LogP contribution < -0.4 is 5.32 Å². The summed E-state index contributed by atoms with van der Waals surface area (Å²) in [6.45, 7) is 2.24. The number of aliphatic hydroxyl groups is 2. The fourth-order valence-corrected chi connectivity index (χ4v) is 3.59. The van der Waals surface area contributed by atoms with Crippen LogP contribution in [0.3, 0.4) is 0 Å². The Labute approximate surface area is 154 Å². The molecule has 1 aliphatic rings. The van der Waals surface area contributed by atoms with Gasteiger partial charge in [-0.1, -0.05) is 43.2 Å². The maximum atomic E-state index is 12.3. The van der Waals surface area contributed by atoms with E-state index in [9.17, 15) is 15.0 Å². The number of hydrogen-bond acceptors (Lipinski definition) is 3. The quantitative estimate of drug-likeness (QED) is 0.739. The van der Waals surface area contributed by atoms with Gasteiger partial charge in [-0.25, -0.2) is 0 Å². The smallest absolute Gasteiger partial charge is 0.251 e. The molecule has 138 valence electrons. The summed E-state index contributed by atoms with van der Waals surface area (Å²) < 4.78 is 0. The first-order valence-corrected chi connectivity index (χ1v) is 9.36. The van der Waals surface area contributed by atoms with Gasteiger partial charge >= 0.3 is 0 Å². The fourth-order valence-electron chi connectivity index (χ4n) is 3.59. The minimum absolute atomic E-state index is 0.115. The van der Waals surface area contributed by atoms with Crippen molar-refractivity contribution in [2.75, 3.05) is 6.54 Å². The Kier molecular flexibility index (Phi) is 5.74. The molecule has 1 amide bonds. The predicted octanol–water partition coefficient (Wildman–Crippen LogP) is 3.83. The SMILES string of the molecule is C[C@@H](O)c1cccc(-c2ccc(C(=O)NCCC3(O)CCCC3)cc2)c1. The molecule has 3 rings (SSSR count). The Morgan fingerprint density at radius 1 is 1.12 bits per heavy atom. The largest absolute Gasteiger partial charge is 0.390 e. The van der Waals surface area contributed by atoms with Gasteiger partial charge in [-0.15, -0.1) is 0 Å². The lowest BCUT2D eigenvalue weighted by molar-refractivity contribution is 0.0389. The van der Waals surface area contributed by atoms with Crippen molar-refractivity contribution in [2.24, 2.45) is 0 Å². The van der Waals surface area contributed by atoms with Gasteiger partial charge in [0.15, 0.2) is 0 Å². The lowest BCUT2D eigenvalue weighted by atomic mass is 9.98. The second-order valence-electron chi connectivity index (χ2n) is 7.32. The number of aliphatic hydroxyl groups excluding tert-OH is 1. The van der Waals surface area contributed by atoms with E-state index in [0.717, 1.165) is 42.4 Å². The molecule has 0 aromatic heterocycles. The maximum Gasteiger partial charge on any atom is 0.251 e. The molecule has 3 N–H and O–H groups in total. The van der Waals surface area contributed by atoms with Gasteiger partial charge in [-0.05, 0) is 61.1 Å². The van der Waals surface area contributed by atoms with E-state index < -0.39 is 11.7 Å². The zero-order valence-electron chi connectivity index (χ0n) is 15.2. The minimum Gasteiger partial charge on any atom is -0.390 e. The van der Waals surface area contributed by atoms with E-state index in [1.165, 1.54) is 0 Å². The Balaban J connectivity index is 1.60. The van der Waals surface area contributed by atoms with Gasteiger partial charge in [0.2, 0.25) is 0 Å². The summed E-state index contributed by atoms with van der Waals surface area (Å²) >= 11 is 0. The van der Waals surface area contributed by atoms with Crippen LogP contribution in [0.15, 0.2) is 48.5 Å². The number of rotatable bonds is 6. The third kappa shape index (κ3) is 4.51. The molecule has 26 heavy (non-hydrogen) atoms. The second-order valence-corrected chi connectivity index (χ2v) is 7.32. The van der Waals surface area contributed by atoms with E-state index in [4.69, 9.17) is 0 Å². The third-order valence-electron chi connectivity index (χ3n) is 5.26. The van der Waals surface area contributed by atoms with Crippen molar-refractivity contribution in [3.8, 4) is 11.1 Å². The zero-order valence-corrected chi connectivity index (χ0v) is 15.2. The topological polar surface area (TPSA) is 69.6 Å². The molecule has 1 aliphatic carbocycles. The Hall–Kier alpha value is -2.17. The van der Waals surface area contributed by atoms with Crippen molar-refractivity contribution < 1.29 is 15.0 Å². The molecule has 2 aromatic rings. The molecular formula is C22H27NO3. The number of amides is 1. The molecule has 0 unspecified atom stereocenters. The van der Waals surface area contributed by atoms with Gasteiger partial charge in [-0.3, -0.25) is 4.79 Å². The molecule has 2 aromatic carbocycles. The van der Waals surface area contributed by atoms with Crippen LogP contribution in [0.2, 0.25) is 0 Å². The van der Waals surface area contributed by atoms with Crippen LogP contribution in [-0.4, -0.2) is 28.3 Å². The van der Waals surface area contributed by atoms with Crippen molar-refractivity contribution >= 4 is 5.91 Å². The lowest BCUT2D eigenvalue weighted by Crippen LogP contribution is -2.32. The predicted molar refractivity (Wildman–Crippen MR) is 103 cm³/mol. The summed E-state index contributed by atoms with van der Waals surface area (Å²) in [5, 5.41) is 23.0. The van der Waals surface area contributed by atoms with Crippen LogP contribution in [0.4, 0.5) is 0 Å². The van der Waals surface area contributed by atoms with E-state index in [0.29, 0.717) is 18.5 Å². The van der Waals surface area contributed by atoms with Crippen molar-refractivity contribution in [3.05, 3.63) is 59.7 Å². The van der Waals surface area contributed by atoms with Gasteiger partial charge in [-0.2, -0.15) is 0 Å². The Morgan fingerprint density at radius 2 is 1.81 bits per heavy atom. The molecule has 1 saturated carbocycles. The van der Waals surface area contributed by atoms with Crippen molar-refractivity contribution in [1.29, 1.82) is 0 Å². The highest BCUT2D eigenvalue weighted by Crippen LogP contribution is 2.31. The van der Waals surface area contributed by atoms with Crippen LogP contribution in [0, 0.1) is 0 Å². The number of nitrogens with one attached hydrogen (secondary N) is 1. The average molecular weight is 353 g/mol. The molecule has 4 heteroatoms. The van der Waals surface area contributed by atoms with Crippen molar-refractivity contribution in [3.63, 3.8) is 0 Å². The number of hydrogen-bond donors (Lipinski definition) is 3. The third-order valence-corrected chi connectivity index (χ3v) is 5.26. The lowest BCUT2D eigenvalue weighted by Gasteiger charge is -2.21. The van der Waals surface area contributed by atoms with Gasteiger partial charge in [0, 0.05) is 12.1 Å². The van der Waals surface area contributed by atoms with Crippen LogP contribution in [0.1, 0.15) is 61.1 Å². The number of carbonyl (C=O) groups excluding carboxylic acids is 1. The summed E-state index contributed by atoms with van der Waals surface area (Å²) in [5.41, 5.74) is 2.91. The Morgan fingerprint density at radius 3 is 2.46 bits per heavy atom. The van der Waals surface area contributed by atoms with Gasteiger partial charge in [0.05, 0.1) is 11.7 Å². The van der Waals surface area contributed by atoms with Crippen molar-refractivity contribution in [2.45, 2.75) is 50.7 Å². The van der Waals surface area contributed by atoms with E-state index >= 15 is 0 Å². The molecule has 0 radical (unpaired) electrons. The molecule has 1 atom stereocenters. The maximum absolute atomic E-state index is 12.3. The van der Waals surface area contributed by atoms with Gasteiger partial charge in [0.1, 0.15) is 0 Å². The number of carbonyl (C=O) groups is 1. The van der Waals surface area contributed by atoms with Gasteiger partial charge in [0.25, 0.3) is 5.91 Å². The summed E-state index contributed by atoms with van der Waals surface area (Å²) in [4.78, 5) is 12.3. The van der Waals surface area contributed by atoms with E-state index in [2.05, 4.69) is 5.32 Å². The number of benzene rings is 2. The summed E-state index contributed by atoms with van der Waals surface area (Å²) in [5.74, 6) is -0.115. The first kappa shape index (κ1) is 18.6. The normalized spacial score (nSPS) is 17.0. The first-order valence-electron chi connectivity index (χ1n) is 9.36. The standard InChI is InChI=1S/C22H27NO3/c1-16(24)19-5-4-6-20(15-19)17-7-9-18(10-8-17)21(25)23-14-13-22(26)11-2-3-12-22/h4-10,15-16,24,26H,2-3,11-14H2,1H3,(H,23,25)/t16-/m1/s1. The summed E-state index contributed by atoms with van der Waals surface area (Å²) in [6, 6.07) is 15.2. The summed E-state index contributed by atoms with van der Waals surface area (Å²) in [6.07, 6.45) is 3.93. The molecule has 0 spiro atoms. The van der Waals surface area contributed by atoms with E-state index in [-0.39, 0.29) is 5.91 Å². The van der Waals surface area contributed by atoms with E-state index in [1.807, 2.05) is 48.5 Å². The highest BCUT2D eigenvalue weighted by Gasteiger charge is 2.30. The minimum atomic E-state index is -0.591. The van der Waals surface area contributed by atoms with E-state index in [1.54, 1.807) is 6.92 Å². The average Bonchev–Trinajstić information content (AvgIpc) is 3.08.